The molecule has 1 saturated carbocycles. The fourth-order valence-corrected chi connectivity index (χ4v) is 2.22. The Morgan fingerprint density at radius 3 is 2.81 bits per heavy atom. The van der Waals surface area contributed by atoms with E-state index in [0.717, 1.165) is 0 Å². The summed E-state index contributed by atoms with van der Waals surface area (Å²) < 4.78 is 18.8. The highest BCUT2D eigenvalue weighted by molar-refractivity contribution is 5.31. The monoisotopic (exact) mass is 223 g/mol. The summed E-state index contributed by atoms with van der Waals surface area (Å²) in [4.78, 5) is 0. The molecule has 1 aliphatic rings. The summed E-state index contributed by atoms with van der Waals surface area (Å²) in [5.74, 6) is 1.29. The summed E-state index contributed by atoms with van der Waals surface area (Å²) in [6.45, 7) is 2.19. The summed E-state index contributed by atoms with van der Waals surface area (Å²) in [5.41, 5.74) is 6.71. The molecular formula is C13H18FNO. The van der Waals surface area contributed by atoms with Crippen LogP contribution in [0.5, 0.6) is 5.75 Å². The number of ether oxygens (including phenoxy) is 1. The molecule has 0 amide bonds. The second-order valence-corrected chi connectivity index (χ2v) is 4.68. The minimum Gasteiger partial charge on any atom is -0.494 e. The first-order valence-corrected chi connectivity index (χ1v) is 5.70. The van der Waals surface area contributed by atoms with Crippen molar-refractivity contribution in [3.05, 3.63) is 29.6 Å². The third-order valence-electron chi connectivity index (χ3n) is 3.44. The fraction of sp³-hybridized carbons (Fsp3) is 0.538. The van der Waals surface area contributed by atoms with Crippen LogP contribution in [0.1, 0.15) is 18.9 Å². The topological polar surface area (TPSA) is 35.2 Å². The third-order valence-corrected chi connectivity index (χ3v) is 3.44. The van der Waals surface area contributed by atoms with E-state index in [0.29, 0.717) is 29.6 Å². The van der Waals surface area contributed by atoms with Gasteiger partial charge in [-0.25, -0.2) is 4.39 Å². The van der Waals surface area contributed by atoms with Crippen molar-refractivity contribution in [2.24, 2.45) is 17.6 Å². The van der Waals surface area contributed by atoms with Crippen molar-refractivity contribution in [3.8, 4) is 5.75 Å². The molecule has 1 aromatic rings. The molecule has 2 rings (SSSR count). The van der Waals surface area contributed by atoms with Gasteiger partial charge in [-0.15, -0.1) is 0 Å². The second-order valence-electron chi connectivity index (χ2n) is 4.68. The van der Waals surface area contributed by atoms with Gasteiger partial charge in [0, 0.05) is 6.04 Å². The van der Waals surface area contributed by atoms with Gasteiger partial charge >= 0.3 is 0 Å². The first kappa shape index (κ1) is 11.4. The summed E-state index contributed by atoms with van der Waals surface area (Å²) in [6, 6.07) is 5.28. The van der Waals surface area contributed by atoms with Crippen LogP contribution in [0, 0.1) is 17.7 Å². The average molecular weight is 223 g/mol. The van der Waals surface area contributed by atoms with E-state index in [1.807, 2.05) is 0 Å². The minimum absolute atomic E-state index is 0.0663. The Morgan fingerprint density at radius 2 is 2.25 bits per heavy atom. The predicted molar refractivity (Wildman–Crippen MR) is 61.9 cm³/mol. The van der Waals surface area contributed by atoms with Crippen molar-refractivity contribution in [3.63, 3.8) is 0 Å². The maximum Gasteiger partial charge on any atom is 0.168 e. The van der Waals surface area contributed by atoms with E-state index in [1.54, 1.807) is 18.2 Å². The Labute approximate surface area is 95.6 Å². The van der Waals surface area contributed by atoms with Crippen LogP contribution < -0.4 is 10.5 Å². The molecule has 1 aliphatic carbocycles. The zero-order chi connectivity index (χ0) is 11.7. The molecule has 0 bridgehead atoms. The van der Waals surface area contributed by atoms with Crippen LogP contribution in [0.15, 0.2) is 18.2 Å². The smallest absolute Gasteiger partial charge is 0.168 e. The van der Waals surface area contributed by atoms with Gasteiger partial charge in [-0.3, -0.25) is 0 Å². The van der Waals surface area contributed by atoms with Crippen LogP contribution in [0.2, 0.25) is 0 Å². The third kappa shape index (κ3) is 2.19. The van der Waals surface area contributed by atoms with E-state index >= 15 is 0 Å². The number of benzene rings is 1. The fourth-order valence-electron chi connectivity index (χ4n) is 2.22. The van der Waals surface area contributed by atoms with Crippen LogP contribution in [0.4, 0.5) is 4.39 Å². The van der Waals surface area contributed by atoms with Gasteiger partial charge in [0.15, 0.2) is 11.6 Å². The standard InChI is InChI=1S/C13H18FNO/c1-8-6-10(8)11(15)7-9-4-3-5-12(16-2)13(9)14/h3-5,8,10-11H,6-7,15H2,1-2H3. The Balaban J connectivity index is 2.09. The van der Waals surface area contributed by atoms with E-state index in [-0.39, 0.29) is 11.9 Å². The maximum atomic E-state index is 13.8. The highest BCUT2D eigenvalue weighted by atomic mass is 19.1. The number of hydrogen-bond donors (Lipinski definition) is 1. The minimum atomic E-state index is -0.270. The van der Waals surface area contributed by atoms with Crippen LogP contribution >= 0.6 is 0 Å². The van der Waals surface area contributed by atoms with Crippen LogP contribution in [-0.4, -0.2) is 13.2 Å². The van der Waals surface area contributed by atoms with Gasteiger partial charge in [-0.1, -0.05) is 19.1 Å². The van der Waals surface area contributed by atoms with E-state index in [2.05, 4.69) is 6.92 Å². The Bertz CT molecular complexity index is 380. The molecule has 3 unspecified atom stereocenters. The molecule has 3 atom stereocenters. The molecule has 1 aromatic carbocycles. The summed E-state index contributed by atoms with van der Waals surface area (Å²) >= 11 is 0. The van der Waals surface area contributed by atoms with E-state index in [9.17, 15) is 4.39 Å². The highest BCUT2D eigenvalue weighted by Crippen LogP contribution is 2.40. The molecule has 0 aliphatic heterocycles. The molecule has 1 fully saturated rings. The molecule has 88 valence electrons. The molecule has 16 heavy (non-hydrogen) atoms. The van der Waals surface area contributed by atoms with Crippen molar-refractivity contribution in [2.75, 3.05) is 7.11 Å². The molecule has 0 saturated heterocycles. The van der Waals surface area contributed by atoms with Gasteiger partial charge < -0.3 is 10.5 Å². The normalized spacial score (nSPS) is 25.2. The zero-order valence-electron chi connectivity index (χ0n) is 9.74. The first-order chi connectivity index (χ1) is 7.63. The van der Waals surface area contributed by atoms with E-state index in [1.165, 1.54) is 13.5 Å². The number of halogens is 1. The Kier molecular flexibility index (Phi) is 3.15. The van der Waals surface area contributed by atoms with Crippen molar-refractivity contribution >= 4 is 0 Å². The van der Waals surface area contributed by atoms with Crippen LogP contribution in [-0.2, 0) is 6.42 Å². The van der Waals surface area contributed by atoms with Crippen LogP contribution in [0.3, 0.4) is 0 Å². The van der Waals surface area contributed by atoms with Crippen LogP contribution in [0.25, 0.3) is 0 Å². The molecule has 2 nitrogen and oxygen atoms in total. The lowest BCUT2D eigenvalue weighted by molar-refractivity contribution is 0.382. The summed E-state index contributed by atoms with van der Waals surface area (Å²) in [7, 11) is 1.48. The van der Waals surface area contributed by atoms with Gasteiger partial charge in [0.05, 0.1) is 7.11 Å². The number of nitrogens with two attached hydrogens (primary N) is 1. The molecular weight excluding hydrogens is 205 g/mol. The van der Waals surface area contributed by atoms with Gasteiger partial charge in [-0.05, 0) is 36.3 Å². The zero-order valence-corrected chi connectivity index (χ0v) is 9.74. The summed E-state index contributed by atoms with van der Waals surface area (Å²) in [6.07, 6.45) is 1.77. The van der Waals surface area contributed by atoms with Gasteiger partial charge in [0.2, 0.25) is 0 Å². The number of hydrogen-bond acceptors (Lipinski definition) is 2. The lowest BCUT2D eigenvalue weighted by Gasteiger charge is -2.12. The Morgan fingerprint density at radius 1 is 1.56 bits per heavy atom. The molecule has 3 heteroatoms. The number of methoxy groups -OCH3 is 1. The average Bonchev–Trinajstić information content (AvgIpc) is 2.99. The van der Waals surface area contributed by atoms with Crippen molar-refractivity contribution in [2.45, 2.75) is 25.8 Å². The van der Waals surface area contributed by atoms with Gasteiger partial charge in [0.25, 0.3) is 0 Å². The molecule has 2 N–H and O–H groups in total. The molecule has 0 heterocycles. The predicted octanol–water partition coefficient (Wildman–Crippen LogP) is 2.36. The molecule has 0 spiro atoms. The van der Waals surface area contributed by atoms with Crippen molar-refractivity contribution in [1.29, 1.82) is 0 Å². The summed E-state index contributed by atoms with van der Waals surface area (Å²) in [5, 5.41) is 0. The van der Waals surface area contributed by atoms with Gasteiger partial charge in [0.1, 0.15) is 0 Å². The maximum absolute atomic E-state index is 13.8. The largest absolute Gasteiger partial charge is 0.494 e. The van der Waals surface area contributed by atoms with E-state index in [4.69, 9.17) is 10.5 Å². The number of rotatable bonds is 4. The van der Waals surface area contributed by atoms with Gasteiger partial charge in [-0.2, -0.15) is 0 Å². The lowest BCUT2D eigenvalue weighted by Crippen LogP contribution is -2.26. The Hall–Kier alpha value is -1.09. The first-order valence-electron chi connectivity index (χ1n) is 5.70. The highest BCUT2D eigenvalue weighted by Gasteiger charge is 2.37. The van der Waals surface area contributed by atoms with E-state index < -0.39 is 0 Å². The SMILES string of the molecule is COc1cccc(CC(N)C2CC2C)c1F. The quantitative estimate of drug-likeness (QED) is 0.850. The lowest BCUT2D eigenvalue weighted by atomic mass is 10.0. The van der Waals surface area contributed by atoms with Crippen molar-refractivity contribution < 1.29 is 9.13 Å². The van der Waals surface area contributed by atoms with Crippen molar-refractivity contribution in [1.82, 2.24) is 0 Å². The molecule has 0 aromatic heterocycles. The molecule has 0 radical (unpaired) electrons. The second kappa shape index (κ2) is 4.42.